The highest BCUT2D eigenvalue weighted by molar-refractivity contribution is 7.89. The number of benzene rings is 2. The van der Waals surface area contributed by atoms with E-state index in [1.807, 2.05) is 31.2 Å². The third-order valence-electron chi connectivity index (χ3n) is 5.14. The minimum atomic E-state index is -3.53. The largest absolute Gasteiger partial charge is 0.484 e. The molecule has 6 nitrogen and oxygen atoms in total. The van der Waals surface area contributed by atoms with Crippen molar-refractivity contribution in [1.82, 2.24) is 9.21 Å². The van der Waals surface area contributed by atoms with Gasteiger partial charge in [-0.3, -0.25) is 4.79 Å². The molecule has 2 aromatic carbocycles. The van der Waals surface area contributed by atoms with Crippen LogP contribution in [0.2, 0.25) is 0 Å². The molecule has 0 aliphatic carbocycles. The lowest BCUT2D eigenvalue weighted by Crippen LogP contribution is -2.51. The Morgan fingerprint density at radius 1 is 1.03 bits per heavy atom. The van der Waals surface area contributed by atoms with E-state index < -0.39 is 10.0 Å². The predicted molar refractivity (Wildman–Crippen MR) is 113 cm³/mol. The van der Waals surface area contributed by atoms with E-state index in [4.69, 9.17) is 4.74 Å². The van der Waals surface area contributed by atoms with Crippen molar-refractivity contribution in [1.29, 1.82) is 0 Å². The van der Waals surface area contributed by atoms with Crippen molar-refractivity contribution in [3.63, 3.8) is 0 Å². The molecule has 29 heavy (non-hydrogen) atoms. The highest BCUT2D eigenvalue weighted by atomic mass is 32.2. The van der Waals surface area contributed by atoms with Crippen LogP contribution in [0, 0.1) is 6.92 Å². The first kappa shape index (κ1) is 21.3. The Balaban J connectivity index is 1.54. The molecule has 0 atom stereocenters. The molecule has 1 fully saturated rings. The summed E-state index contributed by atoms with van der Waals surface area (Å²) >= 11 is 0. The topological polar surface area (TPSA) is 66.9 Å². The summed E-state index contributed by atoms with van der Waals surface area (Å²) in [5, 5.41) is 0. The van der Waals surface area contributed by atoms with Gasteiger partial charge in [0.15, 0.2) is 6.61 Å². The van der Waals surface area contributed by atoms with E-state index in [0.29, 0.717) is 24.8 Å². The van der Waals surface area contributed by atoms with Gasteiger partial charge in [0.05, 0.1) is 4.90 Å². The third-order valence-corrected chi connectivity index (χ3v) is 7.05. The molecule has 0 spiro atoms. The fourth-order valence-electron chi connectivity index (χ4n) is 3.24. The zero-order valence-electron chi connectivity index (χ0n) is 17.2. The molecular formula is C22H28N2O4S. The van der Waals surface area contributed by atoms with Gasteiger partial charge in [-0.25, -0.2) is 8.42 Å². The predicted octanol–water partition coefficient (Wildman–Crippen LogP) is 3.03. The SMILES string of the molecule is Cc1ccc(S(=O)(=O)N2CCN(C(=O)COc3cccc(C(C)C)c3)CC2)cc1. The quantitative estimate of drug-likeness (QED) is 0.726. The summed E-state index contributed by atoms with van der Waals surface area (Å²) in [6.45, 7) is 7.37. The van der Waals surface area contributed by atoms with E-state index in [0.717, 1.165) is 11.1 Å². The lowest BCUT2D eigenvalue weighted by Gasteiger charge is -2.34. The maximum Gasteiger partial charge on any atom is 0.260 e. The Bertz CT molecular complexity index is 947. The van der Waals surface area contributed by atoms with Crippen LogP contribution in [-0.4, -0.2) is 56.3 Å². The lowest BCUT2D eigenvalue weighted by atomic mass is 10.0. The fraction of sp³-hybridized carbons (Fsp3) is 0.409. The molecule has 156 valence electrons. The standard InChI is InChI=1S/C22H28N2O4S/c1-17(2)19-5-4-6-20(15-19)28-16-22(25)23-11-13-24(14-12-23)29(26,27)21-9-7-18(3)8-10-21/h4-10,15,17H,11-14,16H2,1-3H3. The van der Waals surface area contributed by atoms with E-state index >= 15 is 0 Å². The number of carbonyl (C=O) groups excluding carboxylic acids is 1. The zero-order valence-corrected chi connectivity index (χ0v) is 18.0. The van der Waals surface area contributed by atoms with E-state index in [1.165, 1.54) is 4.31 Å². The Kier molecular flexibility index (Phi) is 6.59. The molecule has 0 aromatic heterocycles. The molecule has 3 rings (SSSR count). The molecule has 1 amide bonds. The summed E-state index contributed by atoms with van der Waals surface area (Å²) in [6, 6.07) is 14.6. The van der Waals surface area contributed by atoms with Crippen molar-refractivity contribution in [3.8, 4) is 5.75 Å². The minimum Gasteiger partial charge on any atom is -0.484 e. The van der Waals surface area contributed by atoms with Crippen LogP contribution in [0.25, 0.3) is 0 Å². The summed E-state index contributed by atoms with van der Waals surface area (Å²) in [6.07, 6.45) is 0. The second-order valence-electron chi connectivity index (χ2n) is 7.61. The van der Waals surface area contributed by atoms with Gasteiger partial charge in [0.1, 0.15) is 5.75 Å². The van der Waals surface area contributed by atoms with Gasteiger partial charge in [0.25, 0.3) is 5.91 Å². The fourth-order valence-corrected chi connectivity index (χ4v) is 4.66. The minimum absolute atomic E-state index is 0.0493. The summed E-state index contributed by atoms with van der Waals surface area (Å²) in [5.41, 5.74) is 2.17. The van der Waals surface area contributed by atoms with Crippen LogP contribution in [0.3, 0.4) is 0 Å². The number of hydrogen-bond acceptors (Lipinski definition) is 4. The van der Waals surface area contributed by atoms with Crippen molar-refractivity contribution in [2.75, 3.05) is 32.8 Å². The first-order valence-electron chi connectivity index (χ1n) is 9.85. The first-order valence-corrected chi connectivity index (χ1v) is 11.3. The van der Waals surface area contributed by atoms with E-state index in [1.54, 1.807) is 29.2 Å². The second-order valence-corrected chi connectivity index (χ2v) is 9.55. The Morgan fingerprint density at radius 2 is 1.69 bits per heavy atom. The van der Waals surface area contributed by atoms with Crippen LogP contribution in [0.4, 0.5) is 0 Å². The molecule has 0 bridgehead atoms. The second kappa shape index (κ2) is 8.97. The number of nitrogens with zero attached hydrogens (tertiary/aromatic N) is 2. The van der Waals surface area contributed by atoms with Crippen LogP contribution in [0.15, 0.2) is 53.4 Å². The molecule has 1 heterocycles. The van der Waals surface area contributed by atoms with Gasteiger partial charge in [-0.15, -0.1) is 0 Å². The average molecular weight is 417 g/mol. The Labute approximate surface area is 173 Å². The van der Waals surface area contributed by atoms with Crippen LogP contribution < -0.4 is 4.74 Å². The van der Waals surface area contributed by atoms with E-state index in [9.17, 15) is 13.2 Å². The van der Waals surface area contributed by atoms with Gasteiger partial charge >= 0.3 is 0 Å². The van der Waals surface area contributed by atoms with Gasteiger partial charge < -0.3 is 9.64 Å². The maximum atomic E-state index is 12.8. The van der Waals surface area contributed by atoms with Crippen molar-refractivity contribution >= 4 is 15.9 Å². The number of rotatable bonds is 6. The van der Waals surface area contributed by atoms with Crippen molar-refractivity contribution in [3.05, 3.63) is 59.7 Å². The maximum absolute atomic E-state index is 12.8. The van der Waals surface area contributed by atoms with Crippen molar-refractivity contribution < 1.29 is 17.9 Å². The molecule has 0 unspecified atom stereocenters. The Hall–Kier alpha value is -2.38. The van der Waals surface area contributed by atoms with E-state index in [2.05, 4.69) is 13.8 Å². The molecule has 7 heteroatoms. The highest BCUT2D eigenvalue weighted by Gasteiger charge is 2.30. The highest BCUT2D eigenvalue weighted by Crippen LogP contribution is 2.21. The van der Waals surface area contributed by atoms with Gasteiger partial charge in [0, 0.05) is 26.2 Å². The molecule has 1 aliphatic rings. The number of amides is 1. The van der Waals surface area contributed by atoms with E-state index in [-0.39, 0.29) is 30.5 Å². The number of ether oxygens (including phenoxy) is 1. The lowest BCUT2D eigenvalue weighted by molar-refractivity contribution is -0.134. The molecule has 0 radical (unpaired) electrons. The zero-order chi connectivity index (χ0) is 21.0. The van der Waals surface area contributed by atoms with Crippen LogP contribution >= 0.6 is 0 Å². The van der Waals surface area contributed by atoms with Crippen molar-refractivity contribution in [2.24, 2.45) is 0 Å². The summed E-state index contributed by atoms with van der Waals surface area (Å²) in [5.74, 6) is 0.926. The smallest absolute Gasteiger partial charge is 0.260 e. The monoisotopic (exact) mass is 416 g/mol. The summed E-state index contributed by atoms with van der Waals surface area (Å²) in [4.78, 5) is 14.4. The molecular weight excluding hydrogens is 388 g/mol. The number of piperazine rings is 1. The van der Waals surface area contributed by atoms with Crippen molar-refractivity contribution in [2.45, 2.75) is 31.6 Å². The molecule has 1 aliphatic heterocycles. The number of sulfonamides is 1. The van der Waals surface area contributed by atoms with Gasteiger partial charge in [-0.1, -0.05) is 43.7 Å². The average Bonchev–Trinajstić information content (AvgIpc) is 2.72. The summed E-state index contributed by atoms with van der Waals surface area (Å²) in [7, 11) is -3.53. The first-order chi connectivity index (χ1) is 13.8. The number of hydrogen-bond donors (Lipinski definition) is 0. The van der Waals surface area contributed by atoms with Crippen LogP contribution in [0.1, 0.15) is 30.9 Å². The molecule has 1 saturated heterocycles. The number of carbonyl (C=O) groups is 1. The Morgan fingerprint density at radius 3 is 2.31 bits per heavy atom. The van der Waals surface area contributed by atoms with Crippen LogP contribution in [0.5, 0.6) is 5.75 Å². The summed E-state index contributed by atoms with van der Waals surface area (Å²) < 4.78 is 32.6. The van der Waals surface area contributed by atoms with Crippen LogP contribution in [-0.2, 0) is 14.8 Å². The number of aryl methyl sites for hydroxylation is 1. The normalized spacial score (nSPS) is 15.5. The molecule has 2 aromatic rings. The van der Waals surface area contributed by atoms with Gasteiger partial charge in [-0.2, -0.15) is 4.31 Å². The van der Waals surface area contributed by atoms with Gasteiger partial charge in [0.2, 0.25) is 10.0 Å². The van der Waals surface area contributed by atoms with Gasteiger partial charge in [-0.05, 0) is 42.7 Å². The third kappa shape index (κ3) is 5.16. The molecule has 0 saturated carbocycles. The molecule has 0 N–H and O–H groups in total.